The number of nitrogens with zero attached hydrogens (tertiary/aromatic N) is 2. The van der Waals surface area contributed by atoms with Crippen molar-refractivity contribution >= 4 is 28.5 Å². The van der Waals surface area contributed by atoms with Gasteiger partial charge in [-0.15, -0.1) is 11.3 Å². The molecular formula is C23H23F6N3O3S. The zero-order valence-corrected chi connectivity index (χ0v) is 19.9. The van der Waals surface area contributed by atoms with E-state index < -0.39 is 36.6 Å². The van der Waals surface area contributed by atoms with Gasteiger partial charge >= 0.3 is 24.0 Å². The minimum atomic E-state index is -5.79. The van der Waals surface area contributed by atoms with Crippen LogP contribution in [0, 0.1) is 12.8 Å². The van der Waals surface area contributed by atoms with E-state index in [-0.39, 0.29) is 31.1 Å². The monoisotopic (exact) mass is 535 g/mol. The second kappa shape index (κ2) is 9.56. The SMILES string of the molecule is Cc1ccc(-c2csc(NC(=O)CC3CCC(N4CC(C(F)(F)F)(C(F)(F)F)OC4=O)CC3)n2)cc1. The Morgan fingerprint density at radius 1 is 1.11 bits per heavy atom. The van der Waals surface area contributed by atoms with Crippen LogP contribution in [0.5, 0.6) is 0 Å². The number of aryl methyl sites for hydroxylation is 1. The van der Waals surface area contributed by atoms with E-state index in [1.807, 2.05) is 36.6 Å². The maximum Gasteiger partial charge on any atom is 0.439 e. The van der Waals surface area contributed by atoms with Crippen LogP contribution < -0.4 is 5.32 Å². The average molecular weight is 536 g/mol. The van der Waals surface area contributed by atoms with Crippen LogP contribution in [0.2, 0.25) is 0 Å². The number of halogens is 6. The molecule has 0 spiro atoms. The van der Waals surface area contributed by atoms with Crippen molar-refractivity contribution in [1.29, 1.82) is 0 Å². The molecule has 6 nitrogen and oxygen atoms in total. The van der Waals surface area contributed by atoms with Crippen LogP contribution in [0.15, 0.2) is 29.6 Å². The largest absolute Gasteiger partial charge is 0.439 e. The Balaban J connectivity index is 1.30. The summed E-state index contributed by atoms with van der Waals surface area (Å²) >= 11 is 1.28. The molecule has 1 saturated carbocycles. The molecule has 2 aliphatic rings. The molecule has 1 aromatic carbocycles. The van der Waals surface area contributed by atoms with Crippen molar-refractivity contribution in [3.8, 4) is 11.3 Å². The van der Waals surface area contributed by atoms with E-state index >= 15 is 0 Å². The summed E-state index contributed by atoms with van der Waals surface area (Å²) in [4.78, 5) is 29.4. The summed E-state index contributed by atoms with van der Waals surface area (Å²) in [6.45, 7) is 0.348. The highest BCUT2D eigenvalue weighted by Gasteiger charge is 2.78. The molecule has 0 bridgehead atoms. The molecule has 196 valence electrons. The molecule has 0 unspecified atom stereocenters. The predicted octanol–water partition coefficient (Wildman–Crippen LogP) is 6.32. The Labute approximate surface area is 206 Å². The van der Waals surface area contributed by atoms with Crippen LogP contribution in [0.1, 0.15) is 37.7 Å². The van der Waals surface area contributed by atoms with Crippen LogP contribution in [0.3, 0.4) is 0 Å². The first-order chi connectivity index (χ1) is 16.8. The van der Waals surface area contributed by atoms with Crippen LogP contribution in [0.4, 0.5) is 36.3 Å². The van der Waals surface area contributed by atoms with E-state index in [0.29, 0.717) is 22.9 Å². The summed E-state index contributed by atoms with van der Waals surface area (Å²) < 4.78 is 83.4. The lowest BCUT2D eigenvalue weighted by molar-refractivity contribution is -0.353. The fourth-order valence-corrected chi connectivity index (χ4v) is 5.30. The molecule has 2 amide bonds. The molecule has 1 aromatic heterocycles. The van der Waals surface area contributed by atoms with Crippen molar-refractivity contribution in [2.45, 2.75) is 63.0 Å². The van der Waals surface area contributed by atoms with Gasteiger partial charge in [0.15, 0.2) is 5.13 Å². The van der Waals surface area contributed by atoms with Gasteiger partial charge in [-0.2, -0.15) is 26.3 Å². The number of carbonyl (C=O) groups excluding carboxylic acids is 2. The fraction of sp³-hybridized carbons (Fsp3) is 0.522. The molecule has 13 heteroatoms. The topological polar surface area (TPSA) is 71.5 Å². The number of nitrogens with one attached hydrogen (secondary N) is 1. The first-order valence-corrected chi connectivity index (χ1v) is 12.1. The Morgan fingerprint density at radius 3 is 2.28 bits per heavy atom. The number of alkyl halides is 6. The maximum absolute atomic E-state index is 13.3. The van der Waals surface area contributed by atoms with Gasteiger partial charge in [0.25, 0.3) is 0 Å². The normalized spacial score (nSPS) is 22.4. The molecule has 2 aromatic rings. The van der Waals surface area contributed by atoms with Crippen molar-refractivity contribution in [3.63, 3.8) is 0 Å². The molecule has 1 aliphatic heterocycles. The number of carbonyl (C=O) groups is 2. The summed E-state index contributed by atoms with van der Waals surface area (Å²) in [6.07, 6.45) is -12.0. The van der Waals surface area contributed by atoms with Gasteiger partial charge in [-0.05, 0) is 38.5 Å². The van der Waals surface area contributed by atoms with Gasteiger partial charge in [-0.3, -0.25) is 4.79 Å². The van der Waals surface area contributed by atoms with Gasteiger partial charge < -0.3 is 15.0 Å². The third-order valence-electron chi connectivity index (χ3n) is 6.63. The third kappa shape index (κ3) is 5.16. The minimum Gasteiger partial charge on any atom is -0.421 e. The first kappa shape index (κ1) is 26.2. The van der Waals surface area contributed by atoms with Crippen molar-refractivity contribution < 1.29 is 40.7 Å². The van der Waals surface area contributed by atoms with Crippen LogP contribution >= 0.6 is 11.3 Å². The number of hydrogen-bond acceptors (Lipinski definition) is 5. The van der Waals surface area contributed by atoms with Gasteiger partial charge in [0.2, 0.25) is 5.91 Å². The van der Waals surface area contributed by atoms with Crippen molar-refractivity contribution in [3.05, 3.63) is 35.2 Å². The Morgan fingerprint density at radius 2 is 1.72 bits per heavy atom. The van der Waals surface area contributed by atoms with Crippen molar-refractivity contribution in [2.24, 2.45) is 5.92 Å². The Kier molecular flexibility index (Phi) is 6.97. The number of benzene rings is 1. The number of ether oxygens (including phenoxy) is 1. The Hall–Kier alpha value is -2.83. The highest BCUT2D eigenvalue weighted by atomic mass is 32.1. The van der Waals surface area contributed by atoms with E-state index in [9.17, 15) is 35.9 Å². The molecule has 1 N–H and O–H groups in total. The third-order valence-corrected chi connectivity index (χ3v) is 7.39. The minimum absolute atomic E-state index is 0.119. The van der Waals surface area contributed by atoms with Crippen molar-refractivity contribution in [1.82, 2.24) is 9.88 Å². The number of aromatic nitrogens is 1. The van der Waals surface area contributed by atoms with Crippen LogP contribution in [-0.2, 0) is 9.53 Å². The first-order valence-electron chi connectivity index (χ1n) is 11.2. The zero-order valence-electron chi connectivity index (χ0n) is 19.1. The zero-order chi connectivity index (χ0) is 26.3. The smallest absolute Gasteiger partial charge is 0.421 e. The van der Waals surface area contributed by atoms with Gasteiger partial charge in [-0.25, -0.2) is 9.78 Å². The quantitative estimate of drug-likeness (QED) is 0.455. The molecule has 0 atom stereocenters. The second-order valence-electron chi connectivity index (χ2n) is 9.15. The highest BCUT2D eigenvalue weighted by molar-refractivity contribution is 7.14. The Bertz CT molecular complexity index is 1090. The number of amides is 2. The van der Waals surface area contributed by atoms with Crippen LogP contribution in [-0.4, -0.2) is 52.4 Å². The van der Waals surface area contributed by atoms with Gasteiger partial charge in [0, 0.05) is 23.4 Å². The van der Waals surface area contributed by atoms with E-state index in [4.69, 9.17) is 0 Å². The summed E-state index contributed by atoms with van der Waals surface area (Å²) in [5, 5.41) is 4.99. The lowest BCUT2D eigenvalue weighted by atomic mass is 9.83. The van der Waals surface area contributed by atoms with Crippen molar-refractivity contribution in [2.75, 3.05) is 11.9 Å². The molecule has 4 rings (SSSR count). The molecule has 1 aliphatic carbocycles. The highest BCUT2D eigenvalue weighted by Crippen LogP contribution is 2.50. The summed E-state index contributed by atoms with van der Waals surface area (Å²) in [5.41, 5.74) is -1.78. The predicted molar refractivity (Wildman–Crippen MR) is 119 cm³/mol. The number of anilines is 1. The summed E-state index contributed by atoms with van der Waals surface area (Å²) in [5.74, 6) is -0.400. The molecule has 36 heavy (non-hydrogen) atoms. The molecule has 2 heterocycles. The van der Waals surface area contributed by atoms with Gasteiger partial charge in [0.05, 0.1) is 12.2 Å². The van der Waals surface area contributed by atoms with E-state index in [1.165, 1.54) is 11.3 Å². The lowest BCUT2D eigenvalue weighted by Gasteiger charge is -2.34. The standard InChI is InChI=1S/C23H23F6N3O3S/c1-13-2-6-15(7-3-13)17-11-36-19(30-17)31-18(33)10-14-4-8-16(9-5-14)32-12-21(22(24,25)26,23(27,28)29)35-20(32)34/h2-3,6-7,11,14,16H,4-5,8-10,12H2,1H3,(H,30,31,33). The number of rotatable bonds is 5. The lowest BCUT2D eigenvalue weighted by Crippen LogP contribution is -2.60. The maximum atomic E-state index is 13.3. The number of thiazole rings is 1. The fourth-order valence-electron chi connectivity index (χ4n) is 4.56. The molecule has 1 saturated heterocycles. The summed E-state index contributed by atoms with van der Waals surface area (Å²) in [7, 11) is 0. The number of hydrogen-bond donors (Lipinski definition) is 1. The van der Waals surface area contributed by atoms with Gasteiger partial charge in [0.1, 0.15) is 0 Å². The van der Waals surface area contributed by atoms with Gasteiger partial charge in [-0.1, -0.05) is 29.8 Å². The van der Waals surface area contributed by atoms with E-state index in [1.54, 1.807) is 0 Å². The average Bonchev–Trinajstić information content (AvgIpc) is 3.39. The van der Waals surface area contributed by atoms with Crippen LogP contribution in [0.25, 0.3) is 11.3 Å². The van der Waals surface area contributed by atoms with E-state index in [2.05, 4.69) is 15.0 Å². The van der Waals surface area contributed by atoms with E-state index in [0.717, 1.165) is 16.8 Å². The molecular weight excluding hydrogens is 512 g/mol. The molecule has 0 radical (unpaired) electrons. The summed E-state index contributed by atoms with van der Waals surface area (Å²) in [6, 6.07) is 6.95. The number of cyclic esters (lactones) is 1. The molecule has 2 fully saturated rings. The second-order valence-corrected chi connectivity index (χ2v) is 10.0.